The van der Waals surface area contributed by atoms with Crippen LogP contribution in [0.25, 0.3) is 0 Å². The summed E-state index contributed by atoms with van der Waals surface area (Å²) in [5.74, 6) is -0.248. The van der Waals surface area contributed by atoms with Gasteiger partial charge in [0, 0.05) is 9.64 Å². The quantitative estimate of drug-likeness (QED) is 0.448. The fourth-order valence-corrected chi connectivity index (χ4v) is 2.66. The molecule has 0 radical (unpaired) electrons. The van der Waals surface area contributed by atoms with Gasteiger partial charge >= 0.3 is 5.69 Å². The molecular weight excluding hydrogens is 411 g/mol. The van der Waals surface area contributed by atoms with E-state index in [-0.39, 0.29) is 24.0 Å². The van der Waals surface area contributed by atoms with E-state index in [1.54, 1.807) is 26.0 Å². The molecule has 0 fully saturated rings. The van der Waals surface area contributed by atoms with Crippen molar-refractivity contribution in [3.63, 3.8) is 0 Å². The van der Waals surface area contributed by atoms with Gasteiger partial charge in [-0.05, 0) is 59.7 Å². The molecule has 2 aromatic rings. The number of carbonyl (C=O) groups excluding carboxylic acids is 1. The minimum atomic E-state index is -0.507. The van der Waals surface area contributed by atoms with Gasteiger partial charge in [0.05, 0.1) is 10.6 Å². The van der Waals surface area contributed by atoms with Gasteiger partial charge in [0.25, 0.3) is 5.91 Å². The van der Waals surface area contributed by atoms with Gasteiger partial charge in [-0.15, -0.1) is 0 Å². The smallest absolute Gasteiger partial charge is 0.311 e. The predicted molar refractivity (Wildman–Crippen MR) is 95.9 cm³/mol. The Labute approximate surface area is 147 Å². The van der Waals surface area contributed by atoms with Gasteiger partial charge in [0.15, 0.2) is 6.61 Å². The zero-order valence-corrected chi connectivity index (χ0v) is 14.8. The van der Waals surface area contributed by atoms with E-state index in [1.807, 2.05) is 18.2 Å². The first-order valence-electron chi connectivity index (χ1n) is 6.81. The maximum Gasteiger partial charge on any atom is 0.311 e. The van der Waals surface area contributed by atoms with Gasteiger partial charge in [-0.1, -0.05) is 18.2 Å². The standard InChI is InChI=1S/C16H15IN2O4/c1-10-7-11(2)16(14(8-10)19(21)22)23-9-15(20)18-13-6-4-3-5-12(13)17/h3-8H,9H2,1-2H3,(H,18,20). The molecule has 1 amide bonds. The van der Waals surface area contributed by atoms with E-state index >= 15 is 0 Å². The second-order valence-corrected chi connectivity index (χ2v) is 6.17. The molecule has 0 atom stereocenters. The molecule has 0 spiro atoms. The number of halogens is 1. The number of amides is 1. The van der Waals surface area contributed by atoms with Crippen LogP contribution in [-0.4, -0.2) is 17.4 Å². The normalized spacial score (nSPS) is 10.2. The van der Waals surface area contributed by atoms with Crippen LogP contribution in [0.1, 0.15) is 11.1 Å². The van der Waals surface area contributed by atoms with Crippen molar-refractivity contribution in [2.75, 3.05) is 11.9 Å². The first-order chi connectivity index (χ1) is 10.9. The first-order valence-corrected chi connectivity index (χ1v) is 7.89. The maximum absolute atomic E-state index is 12.0. The third kappa shape index (κ3) is 4.41. The van der Waals surface area contributed by atoms with Gasteiger partial charge < -0.3 is 10.1 Å². The van der Waals surface area contributed by atoms with Gasteiger partial charge in [0.2, 0.25) is 5.75 Å². The van der Waals surface area contributed by atoms with Crippen molar-refractivity contribution < 1.29 is 14.5 Å². The Morgan fingerprint density at radius 2 is 2.00 bits per heavy atom. The summed E-state index contributed by atoms with van der Waals surface area (Å²) in [6.45, 7) is 3.19. The van der Waals surface area contributed by atoms with E-state index in [9.17, 15) is 14.9 Å². The Bertz CT molecular complexity index is 762. The number of ether oxygens (including phenoxy) is 1. The summed E-state index contributed by atoms with van der Waals surface area (Å²) < 4.78 is 6.30. The average molecular weight is 426 g/mol. The number of rotatable bonds is 5. The van der Waals surface area contributed by atoms with Crippen LogP contribution in [0.3, 0.4) is 0 Å². The molecule has 6 nitrogen and oxygen atoms in total. The van der Waals surface area contributed by atoms with Crippen molar-refractivity contribution in [3.05, 3.63) is 61.2 Å². The van der Waals surface area contributed by atoms with E-state index in [1.165, 1.54) is 6.07 Å². The molecule has 0 aliphatic rings. The Hall–Kier alpha value is -2.16. The summed E-state index contributed by atoms with van der Waals surface area (Å²) in [5, 5.41) is 13.8. The predicted octanol–water partition coefficient (Wildman–Crippen LogP) is 3.83. The van der Waals surface area contributed by atoms with Crippen LogP contribution in [0, 0.1) is 27.5 Å². The third-order valence-corrected chi connectivity index (χ3v) is 4.03. The molecule has 23 heavy (non-hydrogen) atoms. The summed E-state index contributed by atoms with van der Waals surface area (Å²) in [4.78, 5) is 22.6. The highest BCUT2D eigenvalue weighted by Gasteiger charge is 2.19. The summed E-state index contributed by atoms with van der Waals surface area (Å²) in [6, 6.07) is 10.5. The van der Waals surface area contributed by atoms with Crippen molar-refractivity contribution >= 4 is 39.9 Å². The Kier molecular flexibility index (Phi) is 5.54. The van der Waals surface area contributed by atoms with Crippen molar-refractivity contribution in [3.8, 4) is 5.75 Å². The van der Waals surface area contributed by atoms with Crippen molar-refractivity contribution in [2.45, 2.75) is 13.8 Å². The molecule has 0 heterocycles. The number of para-hydroxylation sites is 1. The van der Waals surface area contributed by atoms with E-state index in [4.69, 9.17) is 4.74 Å². The highest BCUT2D eigenvalue weighted by molar-refractivity contribution is 14.1. The molecule has 0 saturated heterocycles. The number of nitro benzene ring substituents is 1. The molecule has 120 valence electrons. The second kappa shape index (κ2) is 7.40. The molecule has 0 aliphatic heterocycles. The summed E-state index contributed by atoms with van der Waals surface area (Å²) in [5.41, 5.74) is 1.94. The number of aryl methyl sites for hydroxylation is 2. The highest BCUT2D eigenvalue weighted by Crippen LogP contribution is 2.32. The SMILES string of the molecule is Cc1cc(C)c(OCC(=O)Nc2ccccc2I)c([N+](=O)[O-])c1. The monoisotopic (exact) mass is 426 g/mol. The molecule has 0 aliphatic carbocycles. The topological polar surface area (TPSA) is 81.5 Å². The lowest BCUT2D eigenvalue weighted by atomic mass is 10.1. The number of nitro groups is 1. The lowest BCUT2D eigenvalue weighted by Gasteiger charge is -2.11. The fourth-order valence-electron chi connectivity index (χ4n) is 2.14. The van der Waals surface area contributed by atoms with E-state index in [0.717, 1.165) is 9.13 Å². The number of anilines is 1. The van der Waals surface area contributed by atoms with E-state index < -0.39 is 4.92 Å². The number of carbonyl (C=O) groups is 1. The van der Waals surface area contributed by atoms with E-state index in [2.05, 4.69) is 27.9 Å². The van der Waals surface area contributed by atoms with Crippen LogP contribution >= 0.6 is 22.6 Å². The molecule has 0 bridgehead atoms. The minimum absolute atomic E-state index is 0.124. The number of hydrogen-bond donors (Lipinski definition) is 1. The number of benzene rings is 2. The van der Waals surface area contributed by atoms with Crippen LogP contribution in [-0.2, 0) is 4.79 Å². The zero-order chi connectivity index (χ0) is 17.0. The number of nitrogens with zero attached hydrogens (tertiary/aromatic N) is 1. The van der Waals surface area contributed by atoms with Crippen molar-refractivity contribution in [1.82, 2.24) is 0 Å². The minimum Gasteiger partial charge on any atom is -0.477 e. The van der Waals surface area contributed by atoms with Crippen molar-refractivity contribution in [1.29, 1.82) is 0 Å². The highest BCUT2D eigenvalue weighted by atomic mass is 127. The Morgan fingerprint density at radius 3 is 2.65 bits per heavy atom. The lowest BCUT2D eigenvalue weighted by molar-refractivity contribution is -0.385. The Morgan fingerprint density at radius 1 is 1.30 bits per heavy atom. The molecule has 7 heteroatoms. The Balaban J connectivity index is 2.10. The maximum atomic E-state index is 12.0. The largest absolute Gasteiger partial charge is 0.477 e. The zero-order valence-electron chi connectivity index (χ0n) is 12.6. The molecule has 2 rings (SSSR count). The average Bonchev–Trinajstić information content (AvgIpc) is 2.48. The van der Waals surface area contributed by atoms with Gasteiger partial charge in [-0.3, -0.25) is 14.9 Å². The van der Waals surface area contributed by atoms with Crippen LogP contribution in [0.4, 0.5) is 11.4 Å². The number of hydrogen-bond acceptors (Lipinski definition) is 4. The molecule has 1 N–H and O–H groups in total. The van der Waals surface area contributed by atoms with Crippen LogP contribution in [0.2, 0.25) is 0 Å². The first kappa shape index (κ1) is 17.2. The van der Waals surface area contributed by atoms with Crippen molar-refractivity contribution in [2.24, 2.45) is 0 Å². The van der Waals surface area contributed by atoms with Gasteiger partial charge in [-0.25, -0.2) is 0 Å². The molecule has 0 aromatic heterocycles. The number of nitrogens with one attached hydrogen (secondary N) is 1. The van der Waals surface area contributed by atoms with Crippen LogP contribution in [0.5, 0.6) is 5.75 Å². The van der Waals surface area contributed by atoms with Gasteiger partial charge in [0.1, 0.15) is 0 Å². The summed E-state index contributed by atoms with van der Waals surface area (Å²) in [7, 11) is 0. The lowest BCUT2D eigenvalue weighted by Crippen LogP contribution is -2.21. The third-order valence-electron chi connectivity index (χ3n) is 3.09. The molecule has 0 saturated carbocycles. The van der Waals surface area contributed by atoms with Crippen LogP contribution in [0.15, 0.2) is 36.4 Å². The van der Waals surface area contributed by atoms with E-state index in [0.29, 0.717) is 11.3 Å². The van der Waals surface area contributed by atoms with Crippen LogP contribution < -0.4 is 10.1 Å². The fraction of sp³-hybridized carbons (Fsp3) is 0.188. The molecular formula is C16H15IN2O4. The van der Waals surface area contributed by atoms with Gasteiger partial charge in [-0.2, -0.15) is 0 Å². The second-order valence-electron chi connectivity index (χ2n) is 5.00. The summed E-state index contributed by atoms with van der Waals surface area (Å²) >= 11 is 2.11. The molecule has 2 aromatic carbocycles. The summed E-state index contributed by atoms with van der Waals surface area (Å²) in [6.07, 6.45) is 0. The molecule has 0 unspecified atom stereocenters.